The van der Waals surface area contributed by atoms with Gasteiger partial charge in [-0.3, -0.25) is 0 Å². The van der Waals surface area contributed by atoms with Crippen molar-refractivity contribution in [3.8, 4) is 0 Å². The van der Waals surface area contributed by atoms with Gasteiger partial charge in [0.2, 0.25) is 10.0 Å². The zero-order valence-electron chi connectivity index (χ0n) is 12.2. The van der Waals surface area contributed by atoms with Crippen LogP contribution in [-0.2, 0) is 23.0 Å². The fraction of sp³-hybridized carbons (Fsp3) is 0.750. The molecule has 0 aliphatic carbocycles. The van der Waals surface area contributed by atoms with Gasteiger partial charge < -0.3 is 10.2 Å². The van der Waals surface area contributed by atoms with E-state index in [0.717, 1.165) is 23.8 Å². The van der Waals surface area contributed by atoms with E-state index in [2.05, 4.69) is 17.1 Å². The Morgan fingerprint density at radius 3 is 2.45 bits per heavy atom. The second-order valence-corrected chi connectivity index (χ2v) is 7.94. The Morgan fingerprint density at radius 2 is 1.95 bits per heavy atom. The maximum Gasteiger partial charge on any atom is 0.211 e. The number of piperazine rings is 1. The van der Waals surface area contributed by atoms with Crippen LogP contribution < -0.4 is 10.2 Å². The van der Waals surface area contributed by atoms with Crippen molar-refractivity contribution in [3.05, 3.63) is 10.6 Å². The molecule has 1 aliphatic rings. The van der Waals surface area contributed by atoms with E-state index in [1.165, 1.54) is 15.4 Å². The summed E-state index contributed by atoms with van der Waals surface area (Å²) in [5.41, 5.74) is 1.14. The maximum absolute atomic E-state index is 11.5. The normalized spacial score (nSPS) is 17.6. The van der Waals surface area contributed by atoms with Crippen LogP contribution in [0.4, 0.5) is 5.13 Å². The van der Waals surface area contributed by atoms with E-state index < -0.39 is 10.0 Å². The molecule has 0 bridgehead atoms. The summed E-state index contributed by atoms with van der Waals surface area (Å²) in [4.78, 5) is 8.15. The minimum atomic E-state index is -3.07. The summed E-state index contributed by atoms with van der Waals surface area (Å²) in [6, 6.07) is 0. The lowest BCUT2D eigenvalue weighted by molar-refractivity contribution is 0.388. The van der Waals surface area contributed by atoms with Crippen LogP contribution in [0.3, 0.4) is 0 Å². The van der Waals surface area contributed by atoms with Crippen LogP contribution in [-0.4, -0.2) is 57.2 Å². The SMILES string of the molecule is CCc1nc(N2CCN(S(C)(=O)=O)CC2)sc1CNC. The molecule has 1 fully saturated rings. The van der Waals surface area contributed by atoms with E-state index in [-0.39, 0.29) is 0 Å². The molecule has 0 unspecified atom stereocenters. The first-order valence-electron chi connectivity index (χ1n) is 6.79. The number of aryl methyl sites for hydroxylation is 1. The van der Waals surface area contributed by atoms with Gasteiger partial charge in [0, 0.05) is 37.6 Å². The predicted octanol–water partition coefficient (Wildman–Crippen LogP) is 0.507. The van der Waals surface area contributed by atoms with Crippen molar-refractivity contribution in [2.24, 2.45) is 0 Å². The molecule has 114 valence electrons. The van der Waals surface area contributed by atoms with Gasteiger partial charge in [0.25, 0.3) is 0 Å². The fourth-order valence-electron chi connectivity index (χ4n) is 2.29. The summed E-state index contributed by atoms with van der Waals surface area (Å²) in [5, 5.41) is 4.18. The van der Waals surface area contributed by atoms with Gasteiger partial charge in [0.15, 0.2) is 5.13 Å². The second-order valence-electron chi connectivity index (χ2n) is 4.90. The van der Waals surface area contributed by atoms with Gasteiger partial charge in [-0.05, 0) is 13.5 Å². The van der Waals surface area contributed by atoms with Crippen molar-refractivity contribution in [2.45, 2.75) is 19.9 Å². The minimum absolute atomic E-state index is 0.543. The first kappa shape index (κ1) is 15.7. The molecule has 1 saturated heterocycles. The van der Waals surface area contributed by atoms with E-state index in [0.29, 0.717) is 26.2 Å². The summed E-state index contributed by atoms with van der Waals surface area (Å²) in [6.45, 7) is 5.46. The van der Waals surface area contributed by atoms with Crippen LogP contribution in [0.5, 0.6) is 0 Å². The Balaban J connectivity index is 2.07. The maximum atomic E-state index is 11.5. The molecule has 1 aromatic rings. The van der Waals surface area contributed by atoms with Crippen LogP contribution in [0.15, 0.2) is 0 Å². The first-order chi connectivity index (χ1) is 9.45. The third-order valence-corrected chi connectivity index (χ3v) is 5.88. The molecular weight excluding hydrogens is 296 g/mol. The number of anilines is 1. The fourth-order valence-corrected chi connectivity index (χ4v) is 4.33. The van der Waals surface area contributed by atoms with Gasteiger partial charge in [-0.1, -0.05) is 6.92 Å². The second kappa shape index (κ2) is 6.38. The van der Waals surface area contributed by atoms with Crippen LogP contribution in [0.1, 0.15) is 17.5 Å². The molecule has 6 nitrogen and oxygen atoms in total. The molecule has 1 aromatic heterocycles. The zero-order chi connectivity index (χ0) is 14.8. The van der Waals surface area contributed by atoms with Crippen LogP contribution in [0, 0.1) is 0 Å². The number of rotatable bonds is 5. The Bertz CT molecular complexity index is 548. The molecule has 2 heterocycles. The average molecular weight is 318 g/mol. The smallest absolute Gasteiger partial charge is 0.211 e. The summed E-state index contributed by atoms with van der Waals surface area (Å²) in [7, 11) is -1.13. The van der Waals surface area contributed by atoms with Gasteiger partial charge in [-0.15, -0.1) is 11.3 Å². The topological polar surface area (TPSA) is 65.5 Å². The van der Waals surface area contributed by atoms with Gasteiger partial charge in [-0.25, -0.2) is 13.4 Å². The van der Waals surface area contributed by atoms with Crippen molar-refractivity contribution in [3.63, 3.8) is 0 Å². The van der Waals surface area contributed by atoms with Crippen molar-refractivity contribution in [1.82, 2.24) is 14.6 Å². The number of hydrogen-bond donors (Lipinski definition) is 1. The zero-order valence-corrected chi connectivity index (χ0v) is 13.9. The van der Waals surface area contributed by atoms with Crippen molar-refractivity contribution in [1.29, 1.82) is 0 Å². The number of aromatic nitrogens is 1. The third-order valence-electron chi connectivity index (χ3n) is 3.42. The highest BCUT2D eigenvalue weighted by atomic mass is 32.2. The molecule has 0 saturated carbocycles. The van der Waals surface area contributed by atoms with Crippen LogP contribution in [0.25, 0.3) is 0 Å². The van der Waals surface area contributed by atoms with E-state index >= 15 is 0 Å². The van der Waals surface area contributed by atoms with E-state index in [4.69, 9.17) is 4.98 Å². The summed E-state index contributed by atoms with van der Waals surface area (Å²) in [6.07, 6.45) is 2.20. The lowest BCUT2D eigenvalue weighted by Gasteiger charge is -2.32. The molecule has 1 aliphatic heterocycles. The lowest BCUT2D eigenvalue weighted by atomic mass is 10.3. The third kappa shape index (κ3) is 3.49. The molecule has 1 N–H and O–H groups in total. The van der Waals surface area contributed by atoms with Gasteiger partial charge in [-0.2, -0.15) is 4.31 Å². The molecule has 8 heteroatoms. The monoisotopic (exact) mass is 318 g/mol. The Labute approximate surface area is 124 Å². The number of thiazole rings is 1. The average Bonchev–Trinajstić information content (AvgIpc) is 2.81. The minimum Gasteiger partial charge on any atom is -0.345 e. The van der Waals surface area contributed by atoms with Gasteiger partial charge >= 0.3 is 0 Å². The summed E-state index contributed by atoms with van der Waals surface area (Å²) >= 11 is 1.71. The molecule has 0 spiro atoms. The molecule has 20 heavy (non-hydrogen) atoms. The van der Waals surface area contributed by atoms with E-state index in [1.807, 2.05) is 7.05 Å². The molecule has 0 radical (unpaired) electrons. The van der Waals surface area contributed by atoms with Crippen LogP contribution in [0.2, 0.25) is 0 Å². The summed E-state index contributed by atoms with van der Waals surface area (Å²) in [5.74, 6) is 0. The molecule has 0 aromatic carbocycles. The standard InChI is InChI=1S/C12H22N4O2S2/c1-4-10-11(9-13-2)19-12(14-10)15-5-7-16(8-6-15)20(3,17)18/h13H,4-9H2,1-3H3. The Kier molecular flexibility index (Phi) is 5.00. The molecule has 2 rings (SSSR count). The predicted molar refractivity (Wildman–Crippen MR) is 82.9 cm³/mol. The van der Waals surface area contributed by atoms with Crippen molar-refractivity contribution >= 4 is 26.5 Å². The summed E-state index contributed by atoms with van der Waals surface area (Å²) < 4.78 is 24.5. The lowest BCUT2D eigenvalue weighted by Crippen LogP contribution is -2.48. The largest absolute Gasteiger partial charge is 0.345 e. The Hall–Kier alpha value is -0.700. The quantitative estimate of drug-likeness (QED) is 0.857. The number of nitrogens with one attached hydrogen (secondary N) is 1. The molecule has 0 amide bonds. The highest BCUT2D eigenvalue weighted by molar-refractivity contribution is 7.88. The molecule has 0 atom stereocenters. The number of sulfonamides is 1. The Morgan fingerprint density at radius 1 is 1.30 bits per heavy atom. The van der Waals surface area contributed by atoms with Crippen molar-refractivity contribution < 1.29 is 8.42 Å². The van der Waals surface area contributed by atoms with E-state index in [9.17, 15) is 8.42 Å². The first-order valence-corrected chi connectivity index (χ1v) is 9.45. The van der Waals surface area contributed by atoms with Crippen molar-refractivity contribution in [2.75, 3.05) is 44.4 Å². The van der Waals surface area contributed by atoms with Crippen LogP contribution >= 0.6 is 11.3 Å². The molecular formula is C12H22N4O2S2. The van der Waals surface area contributed by atoms with E-state index in [1.54, 1.807) is 11.3 Å². The highest BCUT2D eigenvalue weighted by Gasteiger charge is 2.25. The number of nitrogens with zero attached hydrogens (tertiary/aromatic N) is 3. The van der Waals surface area contributed by atoms with Gasteiger partial charge in [0.1, 0.15) is 0 Å². The highest BCUT2D eigenvalue weighted by Crippen LogP contribution is 2.27. The number of hydrogen-bond acceptors (Lipinski definition) is 6. The van der Waals surface area contributed by atoms with Gasteiger partial charge in [0.05, 0.1) is 11.9 Å².